The van der Waals surface area contributed by atoms with Gasteiger partial charge in [-0.3, -0.25) is 4.55 Å². The molecule has 4 heterocycles. The van der Waals surface area contributed by atoms with Gasteiger partial charge in [0.2, 0.25) is 0 Å². The number of ether oxygens (including phenoxy) is 6. The van der Waals surface area contributed by atoms with Crippen LogP contribution in [-0.2, 0) is 43.0 Å². The molecule has 4 saturated heterocycles. The Morgan fingerprint density at radius 1 is 0.818 bits per heavy atom. The fourth-order valence-corrected chi connectivity index (χ4v) is 13.4. The SMILES string of the molecule is C[C@@H]1CC[C@@]2(OC1)O[C@H]1CC3C4CC=C5C[C@H](O)C[C@H](O[C@@H]6O[C@H](C)[C@H](OS(=O)(=O)O)[C@H](O)[C@H]6O[C@@H]6O[C@@H](C)[C@H](O)[C@@H](O)[C@H]6O)[C@]5(C)C4CC[C@]3(C)[C@H]1[C@@H]2C. The third kappa shape index (κ3) is 6.70. The van der Waals surface area contributed by atoms with Gasteiger partial charge in [0.05, 0.1) is 37.1 Å². The number of aliphatic hydroxyl groups excluding tert-OH is 5. The molecule has 4 aliphatic heterocycles. The lowest BCUT2D eigenvalue weighted by atomic mass is 9.46. The monoisotopic (exact) mass is 802 g/mol. The molecule has 0 aromatic heterocycles. The Hall–Kier alpha value is -0.830. The van der Waals surface area contributed by atoms with Gasteiger partial charge in [0, 0.05) is 24.2 Å². The van der Waals surface area contributed by atoms with Gasteiger partial charge in [-0.15, -0.1) is 0 Å². The number of fused-ring (bicyclic) bond motifs is 7. The maximum atomic E-state index is 11.8. The molecule has 3 unspecified atom stereocenters. The van der Waals surface area contributed by atoms with Crippen LogP contribution in [0.3, 0.4) is 0 Å². The molecule has 1 spiro atoms. The number of allylic oxidation sites excluding steroid dienone is 1. The molecule has 0 radical (unpaired) electrons. The molecule has 0 amide bonds. The highest BCUT2D eigenvalue weighted by Gasteiger charge is 2.69. The average molecular weight is 803 g/mol. The van der Waals surface area contributed by atoms with Crippen molar-refractivity contribution >= 4 is 10.4 Å². The fraction of sp³-hybridized carbons (Fsp3) is 0.949. The van der Waals surface area contributed by atoms with Gasteiger partial charge in [-0.05, 0) is 87.4 Å². The molecule has 22 atom stereocenters. The van der Waals surface area contributed by atoms with Crippen molar-refractivity contribution in [2.45, 2.75) is 178 Å². The molecule has 0 aromatic carbocycles. The van der Waals surface area contributed by atoms with E-state index in [1.807, 2.05) is 0 Å². The number of hydrogen-bond donors (Lipinski definition) is 6. The van der Waals surface area contributed by atoms with E-state index in [4.69, 9.17) is 32.6 Å². The van der Waals surface area contributed by atoms with Crippen molar-refractivity contribution in [2.24, 2.45) is 46.3 Å². The predicted octanol–water partition coefficient (Wildman–Crippen LogP) is 2.22. The van der Waals surface area contributed by atoms with Crippen molar-refractivity contribution < 1.29 is 71.1 Å². The zero-order chi connectivity index (χ0) is 39.6. The minimum Gasteiger partial charge on any atom is -0.393 e. The highest BCUT2D eigenvalue weighted by Crippen LogP contribution is 2.71. The van der Waals surface area contributed by atoms with Crippen LogP contribution in [0, 0.1) is 46.3 Å². The molecule has 55 heavy (non-hydrogen) atoms. The molecule has 3 saturated carbocycles. The van der Waals surface area contributed by atoms with Gasteiger partial charge in [-0.25, -0.2) is 4.18 Å². The quantitative estimate of drug-likeness (QED) is 0.168. The van der Waals surface area contributed by atoms with Crippen LogP contribution in [0.2, 0.25) is 0 Å². The van der Waals surface area contributed by atoms with Crippen LogP contribution >= 0.6 is 0 Å². The zero-order valence-corrected chi connectivity index (χ0v) is 33.5. The van der Waals surface area contributed by atoms with Crippen LogP contribution in [0.15, 0.2) is 11.6 Å². The van der Waals surface area contributed by atoms with E-state index in [2.05, 4.69) is 33.8 Å². The second kappa shape index (κ2) is 14.4. The lowest BCUT2D eigenvalue weighted by Crippen LogP contribution is -2.65. The summed E-state index contributed by atoms with van der Waals surface area (Å²) >= 11 is 0. The van der Waals surface area contributed by atoms with E-state index in [0.717, 1.165) is 50.7 Å². The van der Waals surface area contributed by atoms with E-state index in [1.54, 1.807) is 0 Å². The van der Waals surface area contributed by atoms with Crippen molar-refractivity contribution in [1.29, 1.82) is 0 Å². The Morgan fingerprint density at radius 3 is 2.24 bits per heavy atom. The minimum atomic E-state index is -5.05. The summed E-state index contributed by atoms with van der Waals surface area (Å²) in [6.45, 7) is 12.9. The summed E-state index contributed by atoms with van der Waals surface area (Å²) in [5.74, 6) is 1.63. The maximum absolute atomic E-state index is 11.8. The summed E-state index contributed by atoms with van der Waals surface area (Å²) in [7, 11) is -5.05. The van der Waals surface area contributed by atoms with Gasteiger partial charge >= 0.3 is 10.4 Å². The summed E-state index contributed by atoms with van der Waals surface area (Å²) in [5.41, 5.74) is 0.632. The van der Waals surface area contributed by atoms with Crippen molar-refractivity contribution in [1.82, 2.24) is 0 Å². The van der Waals surface area contributed by atoms with Gasteiger partial charge in [0.15, 0.2) is 18.4 Å². The van der Waals surface area contributed by atoms with Gasteiger partial charge < -0.3 is 54.0 Å². The van der Waals surface area contributed by atoms with E-state index in [0.29, 0.717) is 30.1 Å². The number of rotatable bonds is 6. The third-order valence-corrected chi connectivity index (χ3v) is 16.3. The van der Waals surface area contributed by atoms with E-state index >= 15 is 0 Å². The lowest BCUT2D eigenvalue weighted by molar-refractivity contribution is -0.370. The van der Waals surface area contributed by atoms with Crippen LogP contribution in [0.25, 0.3) is 0 Å². The van der Waals surface area contributed by atoms with E-state index in [-0.39, 0.29) is 29.8 Å². The van der Waals surface area contributed by atoms with Crippen LogP contribution in [0.4, 0.5) is 0 Å². The van der Waals surface area contributed by atoms with E-state index in [9.17, 15) is 38.5 Å². The molecule has 15 nitrogen and oxygen atoms in total. The van der Waals surface area contributed by atoms with Crippen LogP contribution in [0.1, 0.15) is 92.9 Å². The maximum Gasteiger partial charge on any atom is 0.397 e. The molecule has 8 aliphatic rings. The molecule has 0 aromatic rings. The molecular formula is C39H62O15S. The summed E-state index contributed by atoms with van der Waals surface area (Å²) in [5, 5.41) is 54.5. The summed E-state index contributed by atoms with van der Waals surface area (Å²) in [6.07, 6.45) is -7.23. The molecule has 4 aliphatic carbocycles. The predicted molar refractivity (Wildman–Crippen MR) is 192 cm³/mol. The Kier molecular flexibility index (Phi) is 10.7. The Morgan fingerprint density at radius 2 is 1.55 bits per heavy atom. The fourth-order valence-electron chi connectivity index (χ4n) is 12.9. The molecule has 7 fully saturated rings. The highest BCUT2D eigenvalue weighted by atomic mass is 32.3. The number of hydrogen-bond acceptors (Lipinski definition) is 14. The van der Waals surface area contributed by atoms with Crippen molar-refractivity contribution in [3.63, 3.8) is 0 Å². The van der Waals surface area contributed by atoms with Gasteiger partial charge in [-0.2, -0.15) is 8.42 Å². The molecular weight excluding hydrogens is 740 g/mol. The second-order valence-corrected chi connectivity index (χ2v) is 19.9. The first kappa shape index (κ1) is 40.9. The molecule has 16 heteroatoms. The van der Waals surface area contributed by atoms with Gasteiger partial charge in [0.1, 0.15) is 36.6 Å². The first-order valence-corrected chi connectivity index (χ1v) is 21.8. The van der Waals surface area contributed by atoms with E-state index < -0.39 is 95.2 Å². The zero-order valence-electron chi connectivity index (χ0n) is 32.7. The van der Waals surface area contributed by atoms with Crippen molar-refractivity contribution in [2.75, 3.05) is 6.61 Å². The largest absolute Gasteiger partial charge is 0.397 e. The van der Waals surface area contributed by atoms with Crippen LogP contribution in [-0.4, -0.2) is 131 Å². The first-order valence-electron chi connectivity index (χ1n) is 20.5. The first-order chi connectivity index (χ1) is 25.8. The Bertz CT molecular complexity index is 1570. The van der Waals surface area contributed by atoms with Gasteiger partial charge in [0.25, 0.3) is 0 Å². The molecule has 8 rings (SSSR count). The average Bonchev–Trinajstić information content (AvgIpc) is 3.56. The Balaban J connectivity index is 1.07. The van der Waals surface area contributed by atoms with Crippen molar-refractivity contribution in [3.8, 4) is 0 Å². The van der Waals surface area contributed by atoms with Gasteiger partial charge in [-0.1, -0.05) is 39.3 Å². The summed E-state index contributed by atoms with van der Waals surface area (Å²) < 4.78 is 76.3. The van der Waals surface area contributed by atoms with Crippen LogP contribution in [0.5, 0.6) is 0 Å². The summed E-state index contributed by atoms with van der Waals surface area (Å²) in [6, 6.07) is 0. The normalized spacial score (nSPS) is 56.7. The molecule has 6 N–H and O–H groups in total. The van der Waals surface area contributed by atoms with E-state index in [1.165, 1.54) is 13.8 Å². The smallest absolute Gasteiger partial charge is 0.393 e. The Labute approximate surface area is 323 Å². The summed E-state index contributed by atoms with van der Waals surface area (Å²) in [4.78, 5) is 0. The standard InChI is InChI=1S/C39H62O15S/c1-17-9-12-39(48-16-17)18(2)28-26(53-39)15-25-23-8-7-21-13-22(40)14-27(38(21,6)24(23)10-11-37(25,28)5)51-36-34(32(44)33(20(4)50-36)54-55(45,46)47)52-35-31(43)30(42)29(41)19(3)49-35/h7,17-20,22-36,40-44H,8-16H2,1-6H3,(H,45,46,47)/t17-,18+,19+,20-,22+,23?,24?,25?,26+,27+,28+,29+,30-,31-,32+,33+,34-,35+,36+,37+,38+,39-/m1/s1. The molecule has 314 valence electrons. The second-order valence-electron chi connectivity index (χ2n) is 18.8. The third-order valence-electron chi connectivity index (χ3n) is 15.8. The number of aliphatic hydroxyl groups is 5. The topological polar surface area (TPSA) is 220 Å². The van der Waals surface area contributed by atoms with Crippen molar-refractivity contribution in [3.05, 3.63) is 11.6 Å². The minimum absolute atomic E-state index is 0.0660. The lowest BCUT2D eigenvalue weighted by Gasteiger charge is -2.60. The molecule has 0 bridgehead atoms. The van der Waals surface area contributed by atoms with Crippen LogP contribution < -0.4 is 0 Å². The highest BCUT2D eigenvalue weighted by molar-refractivity contribution is 7.80.